The molecule has 0 spiro atoms. The number of carbonyl (C=O) groups is 1. The average Bonchev–Trinajstić information content (AvgIpc) is 3.06. The highest BCUT2D eigenvalue weighted by molar-refractivity contribution is 5.94. The average molecular weight is 380 g/mol. The summed E-state index contributed by atoms with van der Waals surface area (Å²) in [5, 5.41) is 10.5. The Bertz CT molecular complexity index is 972. The molecule has 2 heterocycles. The van der Waals surface area contributed by atoms with Gasteiger partial charge in [0.1, 0.15) is 5.75 Å². The van der Waals surface area contributed by atoms with Gasteiger partial charge in [-0.05, 0) is 35.4 Å². The number of fused-ring (bicyclic) bond motifs is 1. The predicted molar refractivity (Wildman–Crippen MR) is 107 cm³/mol. The number of methoxy groups -OCH3 is 1. The molecule has 1 aliphatic heterocycles. The summed E-state index contributed by atoms with van der Waals surface area (Å²) in [6, 6.07) is 13.3. The standard InChI is InChI=1S/C22H24N2O4/c1-27-19-5-2-16(3-6-19)13-24-15-18(14-23-8-10-28-11-9-23)20-7-4-17(22(25)26)12-21(20)24/h2-7,12,15H,8-11,13-14H2,1H3,(H,25,26). The van der Waals surface area contributed by atoms with Crippen molar-refractivity contribution in [2.24, 2.45) is 0 Å². The predicted octanol–water partition coefficient (Wildman–Crippen LogP) is 3.23. The van der Waals surface area contributed by atoms with Crippen molar-refractivity contribution < 1.29 is 19.4 Å². The molecule has 28 heavy (non-hydrogen) atoms. The van der Waals surface area contributed by atoms with Gasteiger partial charge in [-0.15, -0.1) is 0 Å². The van der Waals surface area contributed by atoms with Crippen LogP contribution in [-0.2, 0) is 17.8 Å². The number of hydrogen-bond donors (Lipinski definition) is 1. The zero-order valence-corrected chi connectivity index (χ0v) is 15.9. The normalized spacial score (nSPS) is 15.0. The molecule has 1 N–H and O–H groups in total. The van der Waals surface area contributed by atoms with Crippen LogP contribution in [0.15, 0.2) is 48.7 Å². The summed E-state index contributed by atoms with van der Waals surface area (Å²) >= 11 is 0. The maximum atomic E-state index is 11.5. The summed E-state index contributed by atoms with van der Waals surface area (Å²) in [6.07, 6.45) is 2.15. The molecule has 0 radical (unpaired) electrons. The van der Waals surface area contributed by atoms with E-state index in [9.17, 15) is 9.90 Å². The molecular weight excluding hydrogens is 356 g/mol. The maximum Gasteiger partial charge on any atom is 0.335 e. The van der Waals surface area contributed by atoms with Crippen molar-refractivity contribution in [3.05, 3.63) is 65.4 Å². The Labute approximate surface area is 163 Å². The van der Waals surface area contributed by atoms with Gasteiger partial charge in [0, 0.05) is 43.3 Å². The van der Waals surface area contributed by atoms with Gasteiger partial charge in [-0.1, -0.05) is 18.2 Å². The zero-order valence-electron chi connectivity index (χ0n) is 15.9. The minimum atomic E-state index is -0.908. The highest BCUT2D eigenvalue weighted by Gasteiger charge is 2.16. The van der Waals surface area contributed by atoms with Crippen LogP contribution in [0.5, 0.6) is 5.75 Å². The van der Waals surface area contributed by atoms with Crippen LogP contribution in [0.3, 0.4) is 0 Å². The number of nitrogens with zero attached hydrogens (tertiary/aromatic N) is 2. The lowest BCUT2D eigenvalue weighted by molar-refractivity contribution is 0.0343. The van der Waals surface area contributed by atoms with E-state index in [0.717, 1.165) is 55.1 Å². The molecular formula is C22H24N2O4. The number of rotatable bonds is 6. The van der Waals surface area contributed by atoms with Crippen molar-refractivity contribution >= 4 is 16.9 Å². The summed E-state index contributed by atoms with van der Waals surface area (Å²) in [4.78, 5) is 13.8. The van der Waals surface area contributed by atoms with Gasteiger partial charge >= 0.3 is 5.97 Å². The van der Waals surface area contributed by atoms with E-state index in [1.807, 2.05) is 30.3 Å². The Hall–Kier alpha value is -2.83. The number of carboxylic acids is 1. The van der Waals surface area contributed by atoms with E-state index in [0.29, 0.717) is 12.1 Å². The SMILES string of the molecule is COc1ccc(Cn2cc(CN3CCOCC3)c3ccc(C(=O)O)cc32)cc1. The lowest BCUT2D eigenvalue weighted by Crippen LogP contribution is -2.35. The maximum absolute atomic E-state index is 11.5. The van der Waals surface area contributed by atoms with Gasteiger partial charge in [-0.25, -0.2) is 4.79 Å². The Morgan fingerprint density at radius 1 is 1.11 bits per heavy atom. The summed E-state index contributed by atoms with van der Waals surface area (Å²) in [5.41, 5.74) is 3.59. The fourth-order valence-corrected chi connectivity index (χ4v) is 3.69. The van der Waals surface area contributed by atoms with E-state index in [4.69, 9.17) is 9.47 Å². The number of aromatic nitrogens is 1. The van der Waals surface area contributed by atoms with Crippen LogP contribution in [-0.4, -0.2) is 54.0 Å². The van der Waals surface area contributed by atoms with E-state index < -0.39 is 5.97 Å². The van der Waals surface area contributed by atoms with Gasteiger partial charge < -0.3 is 19.1 Å². The zero-order chi connectivity index (χ0) is 19.5. The van der Waals surface area contributed by atoms with Crippen molar-refractivity contribution in [1.82, 2.24) is 9.47 Å². The molecule has 0 bridgehead atoms. The molecule has 1 fully saturated rings. The Morgan fingerprint density at radius 2 is 1.86 bits per heavy atom. The first-order chi connectivity index (χ1) is 13.6. The van der Waals surface area contributed by atoms with E-state index >= 15 is 0 Å². The van der Waals surface area contributed by atoms with Crippen LogP contribution in [0, 0.1) is 0 Å². The van der Waals surface area contributed by atoms with E-state index in [-0.39, 0.29) is 0 Å². The van der Waals surface area contributed by atoms with E-state index in [2.05, 4.69) is 15.7 Å². The second-order valence-electron chi connectivity index (χ2n) is 7.06. The summed E-state index contributed by atoms with van der Waals surface area (Å²) in [6.45, 7) is 4.85. The lowest BCUT2D eigenvalue weighted by atomic mass is 10.1. The molecule has 4 rings (SSSR count). The smallest absolute Gasteiger partial charge is 0.335 e. The quantitative estimate of drug-likeness (QED) is 0.711. The summed E-state index contributed by atoms with van der Waals surface area (Å²) < 4.78 is 12.8. The molecule has 6 heteroatoms. The molecule has 2 aromatic carbocycles. The van der Waals surface area contributed by atoms with Crippen LogP contribution in [0.1, 0.15) is 21.5 Å². The molecule has 1 aliphatic rings. The fourth-order valence-electron chi connectivity index (χ4n) is 3.69. The van der Waals surface area contributed by atoms with Gasteiger partial charge in [-0.2, -0.15) is 0 Å². The first-order valence-corrected chi connectivity index (χ1v) is 9.42. The molecule has 0 aliphatic carbocycles. The van der Waals surface area contributed by atoms with Crippen molar-refractivity contribution in [3.63, 3.8) is 0 Å². The molecule has 6 nitrogen and oxygen atoms in total. The van der Waals surface area contributed by atoms with E-state index in [1.54, 1.807) is 19.2 Å². The summed E-state index contributed by atoms with van der Waals surface area (Å²) in [5.74, 6) is -0.0869. The lowest BCUT2D eigenvalue weighted by Gasteiger charge is -2.26. The van der Waals surface area contributed by atoms with Crippen molar-refractivity contribution in [1.29, 1.82) is 0 Å². The van der Waals surface area contributed by atoms with Crippen molar-refractivity contribution in [2.75, 3.05) is 33.4 Å². The third-order valence-electron chi connectivity index (χ3n) is 5.22. The topological polar surface area (TPSA) is 63.9 Å². The largest absolute Gasteiger partial charge is 0.497 e. The molecule has 1 saturated heterocycles. The minimum absolute atomic E-state index is 0.305. The Morgan fingerprint density at radius 3 is 2.54 bits per heavy atom. The van der Waals surface area contributed by atoms with Crippen LogP contribution >= 0.6 is 0 Å². The molecule has 0 saturated carbocycles. The fraction of sp³-hybridized carbons (Fsp3) is 0.318. The Kier molecular flexibility index (Phi) is 5.32. The second-order valence-corrected chi connectivity index (χ2v) is 7.06. The molecule has 0 amide bonds. The highest BCUT2D eigenvalue weighted by atomic mass is 16.5. The number of morpholine rings is 1. The van der Waals surface area contributed by atoms with Crippen LogP contribution in [0.4, 0.5) is 0 Å². The van der Waals surface area contributed by atoms with Gasteiger partial charge in [0.15, 0.2) is 0 Å². The minimum Gasteiger partial charge on any atom is -0.497 e. The molecule has 0 atom stereocenters. The van der Waals surface area contributed by atoms with Crippen molar-refractivity contribution in [3.8, 4) is 5.75 Å². The molecule has 0 unspecified atom stereocenters. The van der Waals surface area contributed by atoms with Gasteiger partial charge in [0.2, 0.25) is 0 Å². The number of hydrogen-bond acceptors (Lipinski definition) is 4. The number of aromatic carboxylic acids is 1. The third-order valence-corrected chi connectivity index (χ3v) is 5.22. The van der Waals surface area contributed by atoms with Crippen LogP contribution in [0.25, 0.3) is 10.9 Å². The molecule has 3 aromatic rings. The van der Waals surface area contributed by atoms with Gasteiger partial charge in [0.05, 0.1) is 25.9 Å². The number of carboxylic acid groups (broad SMARTS) is 1. The van der Waals surface area contributed by atoms with Gasteiger partial charge in [-0.3, -0.25) is 4.90 Å². The second kappa shape index (κ2) is 8.04. The highest BCUT2D eigenvalue weighted by Crippen LogP contribution is 2.26. The first-order valence-electron chi connectivity index (χ1n) is 9.42. The van der Waals surface area contributed by atoms with Crippen LogP contribution in [0.2, 0.25) is 0 Å². The van der Waals surface area contributed by atoms with Gasteiger partial charge in [0.25, 0.3) is 0 Å². The van der Waals surface area contributed by atoms with Crippen molar-refractivity contribution in [2.45, 2.75) is 13.1 Å². The number of benzene rings is 2. The number of ether oxygens (including phenoxy) is 2. The molecule has 146 valence electrons. The monoisotopic (exact) mass is 380 g/mol. The summed E-state index contributed by atoms with van der Waals surface area (Å²) in [7, 11) is 1.65. The van der Waals surface area contributed by atoms with E-state index in [1.165, 1.54) is 5.56 Å². The van der Waals surface area contributed by atoms with Crippen LogP contribution < -0.4 is 4.74 Å². The third kappa shape index (κ3) is 3.88. The first kappa shape index (κ1) is 18.5. The molecule has 1 aromatic heterocycles. The Balaban J connectivity index is 1.69.